The summed E-state index contributed by atoms with van der Waals surface area (Å²) in [5.74, 6) is -0.566. The van der Waals surface area contributed by atoms with Gasteiger partial charge >= 0.3 is 5.91 Å². The van der Waals surface area contributed by atoms with Crippen LogP contribution in [0.2, 0.25) is 0 Å². The summed E-state index contributed by atoms with van der Waals surface area (Å²) in [5.41, 5.74) is 5.58. The molecule has 0 saturated carbocycles. The number of hydrazine groups is 1. The SMILES string of the molecule is N#Cc1ccc(OCC(=O)NNC(=O)c2cc3ccccc3o2)cc1. The van der Waals surface area contributed by atoms with Gasteiger partial charge in [-0.05, 0) is 36.4 Å². The number of furan rings is 1. The summed E-state index contributed by atoms with van der Waals surface area (Å²) < 4.78 is 10.6. The molecule has 0 aliphatic carbocycles. The maximum absolute atomic E-state index is 12.0. The van der Waals surface area contributed by atoms with Gasteiger partial charge in [-0.2, -0.15) is 5.26 Å². The van der Waals surface area contributed by atoms with Crippen molar-refractivity contribution in [1.29, 1.82) is 5.26 Å². The molecule has 124 valence electrons. The fourth-order valence-corrected chi connectivity index (χ4v) is 2.09. The lowest BCUT2D eigenvalue weighted by molar-refractivity contribution is -0.123. The lowest BCUT2D eigenvalue weighted by atomic mass is 10.2. The van der Waals surface area contributed by atoms with Crippen molar-refractivity contribution in [2.24, 2.45) is 0 Å². The maximum atomic E-state index is 12.0. The van der Waals surface area contributed by atoms with Crippen molar-refractivity contribution in [1.82, 2.24) is 10.9 Å². The molecule has 0 atom stereocenters. The fourth-order valence-electron chi connectivity index (χ4n) is 2.09. The van der Waals surface area contributed by atoms with Crippen LogP contribution in [-0.2, 0) is 4.79 Å². The molecule has 2 amide bonds. The molecule has 0 unspecified atom stereocenters. The number of carbonyl (C=O) groups excluding carboxylic acids is 2. The van der Waals surface area contributed by atoms with Crippen molar-refractivity contribution in [3.63, 3.8) is 0 Å². The van der Waals surface area contributed by atoms with Crippen LogP contribution in [0, 0.1) is 11.3 Å². The molecule has 1 heterocycles. The molecule has 0 aliphatic rings. The van der Waals surface area contributed by atoms with Crippen LogP contribution in [-0.4, -0.2) is 18.4 Å². The normalized spacial score (nSPS) is 10.0. The Kier molecular flexibility index (Phi) is 4.62. The van der Waals surface area contributed by atoms with E-state index in [-0.39, 0.29) is 12.4 Å². The Labute approximate surface area is 142 Å². The van der Waals surface area contributed by atoms with Gasteiger partial charge in [-0.1, -0.05) is 18.2 Å². The van der Waals surface area contributed by atoms with Crippen molar-refractivity contribution in [2.75, 3.05) is 6.61 Å². The molecular weight excluding hydrogens is 322 g/mol. The predicted molar refractivity (Wildman–Crippen MR) is 88.5 cm³/mol. The molecule has 0 bridgehead atoms. The Bertz CT molecular complexity index is 921. The zero-order valence-corrected chi connectivity index (χ0v) is 13.0. The number of fused-ring (bicyclic) bond motifs is 1. The van der Waals surface area contributed by atoms with Gasteiger partial charge in [0.25, 0.3) is 5.91 Å². The van der Waals surface area contributed by atoms with Crippen LogP contribution in [0.1, 0.15) is 16.1 Å². The molecule has 0 fully saturated rings. The predicted octanol–water partition coefficient (Wildman–Crippen LogP) is 2.14. The molecule has 0 spiro atoms. The third kappa shape index (κ3) is 3.95. The highest BCUT2D eigenvalue weighted by Crippen LogP contribution is 2.18. The Morgan fingerprint density at radius 3 is 2.56 bits per heavy atom. The van der Waals surface area contributed by atoms with Gasteiger partial charge < -0.3 is 9.15 Å². The molecule has 3 rings (SSSR count). The second-order valence-electron chi connectivity index (χ2n) is 5.08. The number of hydrogen-bond acceptors (Lipinski definition) is 5. The van der Waals surface area contributed by atoms with Gasteiger partial charge in [-0.25, -0.2) is 0 Å². The number of nitrogens with one attached hydrogen (secondary N) is 2. The molecule has 7 heteroatoms. The smallest absolute Gasteiger partial charge is 0.305 e. The molecule has 0 aliphatic heterocycles. The lowest BCUT2D eigenvalue weighted by Crippen LogP contribution is -2.43. The van der Waals surface area contributed by atoms with Crippen molar-refractivity contribution < 1.29 is 18.7 Å². The number of hydrogen-bond donors (Lipinski definition) is 2. The van der Waals surface area contributed by atoms with Crippen molar-refractivity contribution in [2.45, 2.75) is 0 Å². The van der Waals surface area contributed by atoms with Gasteiger partial charge in [0.1, 0.15) is 11.3 Å². The first-order valence-corrected chi connectivity index (χ1v) is 7.36. The first-order valence-electron chi connectivity index (χ1n) is 7.36. The van der Waals surface area contributed by atoms with E-state index in [0.29, 0.717) is 16.9 Å². The summed E-state index contributed by atoms with van der Waals surface area (Å²) in [5, 5.41) is 9.50. The summed E-state index contributed by atoms with van der Waals surface area (Å²) in [6.45, 7) is -0.285. The van der Waals surface area contributed by atoms with Gasteiger partial charge in [0.15, 0.2) is 12.4 Å². The highest BCUT2D eigenvalue weighted by atomic mass is 16.5. The average Bonchev–Trinajstić information content (AvgIpc) is 3.09. The summed E-state index contributed by atoms with van der Waals surface area (Å²) in [6.07, 6.45) is 0. The van der Waals surface area contributed by atoms with E-state index in [4.69, 9.17) is 14.4 Å². The van der Waals surface area contributed by atoms with Crippen LogP contribution in [0.3, 0.4) is 0 Å². The second-order valence-corrected chi connectivity index (χ2v) is 5.08. The first kappa shape index (κ1) is 16.1. The van der Waals surface area contributed by atoms with Crippen LogP contribution in [0.15, 0.2) is 59.0 Å². The summed E-state index contributed by atoms with van der Waals surface area (Å²) in [4.78, 5) is 23.7. The zero-order chi connectivity index (χ0) is 17.6. The maximum Gasteiger partial charge on any atom is 0.305 e. The number of nitriles is 1. The summed E-state index contributed by atoms with van der Waals surface area (Å²) in [7, 11) is 0. The fraction of sp³-hybridized carbons (Fsp3) is 0.0556. The van der Waals surface area contributed by atoms with Crippen molar-refractivity contribution in [3.8, 4) is 11.8 Å². The van der Waals surface area contributed by atoms with Crippen LogP contribution >= 0.6 is 0 Å². The van der Waals surface area contributed by atoms with E-state index < -0.39 is 11.8 Å². The Balaban J connectivity index is 1.49. The molecule has 25 heavy (non-hydrogen) atoms. The van der Waals surface area contributed by atoms with Crippen molar-refractivity contribution >= 4 is 22.8 Å². The minimum absolute atomic E-state index is 0.0921. The summed E-state index contributed by atoms with van der Waals surface area (Å²) in [6, 6.07) is 17.1. The minimum atomic E-state index is -0.567. The minimum Gasteiger partial charge on any atom is -0.484 e. The van der Waals surface area contributed by atoms with E-state index in [2.05, 4.69) is 10.9 Å². The molecular formula is C18H13N3O4. The number of nitrogens with zero attached hydrogens (tertiary/aromatic N) is 1. The van der Waals surface area contributed by atoms with Gasteiger partial charge in [-0.15, -0.1) is 0 Å². The van der Waals surface area contributed by atoms with Gasteiger partial charge in [0.2, 0.25) is 0 Å². The molecule has 1 aromatic heterocycles. The molecule has 0 radical (unpaired) electrons. The number of rotatable bonds is 4. The van der Waals surface area contributed by atoms with Crippen LogP contribution in [0.5, 0.6) is 5.75 Å². The highest BCUT2D eigenvalue weighted by molar-refractivity contribution is 5.97. The monoisotopic (exact) mass is 335 g/mol. The zero-order valence-electron chi connectivity index (χ0n) is 13.0. The summed E-state index contributed by atoms with van der Waals surface area (Å²) >= 11 is 0. The van der Waals surface area contributed by atoms with E-state index >= 15 is 0 Å². The Hall–Kier alpha value is -3.79. The average molecular weight is 335 g/mol. The third-order valence-electron chi connectivity index (χ3n) is 3.32. The molecule has 0 saturated heterocycles. The largest absolute Gasteiger partial charge is 0.484 e. The van der Waals surface area contributed by atoms with E-state index in [0.717, 1.165) is 5.39 Å². The van der Waals surface area contributed by atoms with E-state index in [9.17, 15) is 9.59 Å². The Morgan fingerprint density at radius 1 is 1.08 bits per heavy atom. The number of amides is 2. The number of carbonyl (C=O) groups is 2. The quantitative estimate of drug-likeness (QED) is 0.711. The van der Waals surface area contributed by atoms with Crippen LogP contribution < -0.4 is 15.6 Å². The third-order valence-corrected chi connectivity index (χ3v) is 3.32. The second kappa shape index (κ2) is 7.19. The van der Waals surface area contributed by atoms with Crippen LogP contribution in [0.25, 0.3) is 11.0 Å². The molecule has 7 nitrogen and oxygen atoms in total. The van der Waals surface area contributed by atoms with E-state index in [1.54, 1.807) is 42.5 Å². The Morgan fingerprint density at radius 2 is 1.84 bits per heavy atom. The van der Waals surface area contributed by atoms with Gasteiger partial charge in [0, 0.05) is 5.39 Å². The standard InChI is InChI=1S/C18H13N3O4/c19-10-12-5-7-14(8-6-12)24-11-17(22)20-21-18(23)16-9-13-3-1-2-4-15(13)25-16/h1-9H,11H2,(H,20,22)(H,21,23). The van der Waals surface area contributed by atoms with E-state index in [1.165, 1.54) is 0 Å². The topological polar surface area (TPSA) is 104 Å². The first-order chi connectivity index (χ1) is 12.2. The number of ether oxygens (including phenoxy) is 1. The van der Waals surface area contributed by atoms with Crippen LogP contribution in [0.4, 0.5) is 0 Å². The highest BCUT2D eigenvalue weighted by Gasteiger charge is 2.13. The molecule has 3 aromatic rings. The van der Waals surface area contributed by atoms with E-state index in [1.807, 2.05) is 18.2 Å². The van der Waals surface area contributed by atoms with Gasteiger partial charge in [-0.3, -0.25) is 20.4 Å². The number of benzene rings is 2. The van der Waals surface area contributed by atoms with Crippen molar-refractivity contribution in [3.05, 3.63) is 65.9 Å². The van der Waals surface area contributed by atoms with Gasteiger partial charge in [0.05, 0.1) is 11.6 Å². The molecule has 2 N–H and O–H groups in total. The number of para-hydroxylation sites is 1. The lowest BCUT2D eigenvalue weighted by Gasteiger charge is -2.07. The molecule has 2 aromatic carbocycles.